The van der Waals surface area contributed by atoms with Gasteiger partial charge in [-0.25, -0.2) is 0 Å². The zero-order valence-corrected chi connectivity index (χ0v) is 18.2. The van der Waals surface area contributed by atoms with E-state index in [9.17, 15) is 4.79 Å². The van der Waals surface area contributed by atoms with Gasteiger partial charge in [-0.1, -0.05) is 37.3 Å². The van der Waals surface area contributed by atoms with Crippen molar-refractivity contribution in [2.45, 2.75) is 45.7 Å². The maximum Gasteiger partial charge on any atom is 0.224 e. The van der Waals surface area contributed by atoms with Gasteiger partial charge in [0.2, 0.25) is 5.91 Å². The molecule has 1 aliphatic heterocycles. The summed E-state index contributed by atoms with van der Waals surface area (Å²) in [6.45, 7) is 5.88. The molecule has 0 saturated carbocycles. The number of anilines is 2. The van der Waals surface area contributed by atoms with Gasteiger partial charge in [-0.2, -0.15) is 5.26 Å². The molecule has 3 aromatic rings. The minimum atomic E-state index is 0.0608. The van der Waals surface area contributed by atoms with Crippen molar-refractivity contribution in [2.24, 2.45) is 0 Å². The highest BCUT2D eigenvalue weighted by atomic mass is 16.2. The third-order valence-electron chi connectivity index (χ3n) is 6.07. The van der Waals surface area contributed by atoms with Gasteiger partial charge in [0, 0.05) is 24.3 Å². The van der Waals surface area contributed by atoms with Crippen LogP contribution in [0.15, 0.2) is 66.7 Å². The quantitative estimate of drug-likeness (QED) is 0.568. The predicted octanol–water partition coefficient (Wildman–Crippen LogP) is 6.09. The van der Waals surface area contributed by atoms with Crippen LogP contribution in [0.2, 0.25) is 0 Å². The molecule has 0 aromatic heterocycles. The number of hydrogen-bond donors (Lipinski definition) is 1. The molecule has 2 unspecified atom stereocenters. The first-order valence-electron chi connectivity index (χ1n) is 10.8. The molecule has 0 saturated heterocycles. The van der Waals surface area contributed by atoms with E-state index in [1.54, 1.807) is 6.92 Å². The van der Waals surface area contributed by atoms with Gasteiger partial charge in [0.1, 0.15) is 0 Å². The molecule has 0 bridgehead atoms. The molecule has 1 amide bonds. The normalized spacial score (nSPS) is 17.5. The lowest BCUT2D eigenvalue weighted by Gasteiger charge is -2.39. The average molecular weight is 410 g/mol. The van der Waals surface area contributed by atoms with E-state index in [4.69, 9.17) is 5.26 Å². The number of carbonyl (C=O) groups is 1. The first kappa shape index (κ1) is 20.7. The Labute approximate surface area is 184 Å². The Hall–Kier alpha value is -3.58. The van der Waals surface area contributed by atoms with Gasteiger partial charge in [-0.3, -0.25) is 4.79 Å². The first-order valence-corrected chi connectivity index (χ1v) is 10.8. The molecule has 0 radical (unpaired) electrons. The van der Waals surface area contributed by atoms with Gasteiger partial charge in [0.25, 0.3) is 0 Å². The van der Waals surface area contributed by atoms with E-state index < -0.39 is 0 Å². The third kappa shape index (κ3) is 4.18. The third-order valence-corrected chi connectivity index (χ3v) is 6.07. The average Bonchev–Trinajstić information content (AvgIpc) is 2.79. The van der Waals surface area contributed by atoms with E-state index in [1.165, 1.54) is 11.1 Å². The molecule has 4 rings (SSSR count). The van der Waals surface area contributed by atoms with Crippen LogP contribution in [0.5, 0.6) is 0 Å². The van der Waals surface area contributed by atoms with Crippen LogP contribution in [0.25, 0.3) is 11.1 Å². The van der Waals surface area contributed by atoms with Crippen molar-refractivity contribution in [1.82, 2.24) is 0 Å². The number of aryl methyl sites for hydroxylation is 1. The van der Waals surface area contributed by atoms with Crippen LogP contribution >= 0.6 is 0 Å². The summed E-state index contributed by atoms with van der Waals surface area (Å²) in [5, 5.41) is 12.7. The van der Waals surface area contributed by atoms with E-state index in [-0.39, 0.29) is 18.0 Å². The largest absolute Gasteiger partial charge is 0.378 e. The Morgan fingerprint density at radius 1 is 1.06 bits per heavy atom. The number of nitrogens with zero attached hydrogens (tertiary/aromatic N) is 2. The van der Waals surface area contributed by atoms with E-state index in [2.05, 4.69) is 67.7 Å². The molecule has 3 aromatic carbocycles. The lowest BCUT2D eigenvalue weighted by Crippen LogP contribution is -2.43. The van der Waals surface area contributed by atoms with Crippen LogP contribution in [-0.2, 0) is 11.2 Å². The van der Waals surface area contributed by atoms with E-state index in [0.717, 1.165) is 35.3 Å². The standard InChI is InChI=1S/C27H27N3O/c1-4-20-5-9-22(10-6-20)23-11-14-27-25(16-23)26(15-18(2)30(27)19(3)31)29-24-12-7-21(17-28)8-13-24/h5-14,16,18,26,29H,4,15H2,1-3H3. The number of hydrogen-bond acceptors (Lipinski definition) is 3. The van der Waals surface area contributed by atoms with E-state index in [0.29, 0.717) is 5.56 Å². The summed E-state index contributed by atoms with van der Waals surface area (Å²) in [7, 11) is 0. The Morgan fingerprint density at radius 3 is 2.35 bits per heavy atom. The zero-order chi connectivity index (χ0) is 22.0. The van der Waals surface area contributed by atoms with Gasteiger partial charge in [-0.05, 0) is 78.4 Å². The zero-order valence-electron chi connectivity index (χ0n) is 18.2. The molecule has 156 valence electrons. The molecule has 4 nitrogen and oxygen atoms in total. The van der Waals surface area contributed by atoms with Crippen LogP contribution in [0.4, 0.5) is 11.4 Å². The first-order chi connectivity index (χ1) is 15.0. The molecule has 0 spiro atoms. The molecule has 1 aliphatic rings. The number of benzene rings is 3. The van der Waals surface area contributed by atoms with Crippen molar-refractivity contribution in [3.8, 4) is 17.2 Å². The number of nitrogens with one attached hydrogen (secondary N) is 1. The lowest BCUT2D eigenvalue weighted by molar-refractivity contribution is -0.117. The second-order valence-corrected chi connectivity index (χ2v) is 8.18. The van der Waals surface area contributed by atoms with Gasteiger partial charge < -0.3 is 10.2 Å². The predicted molar refractivity (Wildman–Crippen MR) is 126 cm³/mol. The second kappa shape index (κ2) is 8.65. The molecule has 1 N–H and O–H groups in total. The van der Waals surface area contributed by atoms with Crippen molar-refractivity contribution in [3.05, 3.63) is 83.4 Å². The number of rotatable bonds is 4. The van der Waals surface area contributed by atoms with Crippen LogP contribution in [0, 0.1) is 11.3 Å². The fourth-order valence-electron chi connectivity index (χ4n) is 4.44. The molecular weight excluding hydrogens is 382 g/mol. The summed E-state index contributed by atoms with van der Waals surface area (Å²) in [6, 6.07) is 24.9. The molecule has 4 heteroatoms. The number of amides is 1. The fourth-order valence-corrected chi connectivity index (χ4v) is 4.44. The summed E-state index contributed by atoms with van der Waals surface area (Å²) in [4.78, 5) is 14.3. The minimum Gasteiger partial charge on any atom is -0.378 e. The summed E-state index contributed by atoms with van der Waals surface area (Å²) in [5.41, 5.74) is 7.33. The van der Waals surface area contributed by atoms with Gasteiger partial charge in [-0.15, -0.1) is 0 Å². The maximum absolute atomic E-state index is 12.4. The second-order valence-electron chi connectivity index (χ2n) is 8.18. The van der Waals surface area contributed by atoms with Crippen molar-refractivity contribution in [3.63, 3.8) is 0 Å². The molecule has 0 fully saturated rings. The molecule has 31 heavy (non-hydrogen) atoms. The fraction of sp³-hybridized carbons (Fsp3) is 0.259. The molecule has 1 heterocycles. The highest BCUT2D eigenvalue weighted by Gasteiger charge is 2.32. The van der Waals surface area contributed by atoms with Crippen molar-refractivity contribution in [2.75, 3.05) is 10.2 Å². The smallest absolute Gasteiger partial charge is 0.224 e. The van der Waals surface area contributed by atoms with Crippen molar-refractivity contribution in [1.29, 1.82) is 5.26 Å². The monoisotopic (exact) mass is 409 g/mol. The van der Waals surface area contributed by atoms with Gasteiger partial charge in [0.05, 0.1) is 17.7 Å². The number of carbonyl (C=O) groups excluding carboxylic acids is 1. The Kier molecular flexibility index (Phi) is 5.77. The highest BCUT2D eigenvalue weighted by molar-refractivity contribution is 5.94. The number of nitriles is 1. The van der Waals surface area contributed by atoms with Gasteiger partial charge >= 0.3 is 0 Å². The van der Waals surface area contributed by atoms with Crippen molar-refractivity contribution >= 4 is 17.3 Å². The Bertz CT molecular complexity index is 1130. The Morgan fingerprint density at radius 2 is 1.74 bits per heavy atom. The summed E-state index contributed by atoms with van der Waals surface area (Å²) in [6.07, 6.45) is 1.83. The van der Waals surface area contributed by atoms with Crippen LogP contribution in [0.1, 0.15) is 49.9 Å². The highest BCUT2D eigenvalue weighted by Crippen LogP contribution is 2.41. The van der Waals surface area contributed by atoms with Crippen LogP contribution in [0.3, 0.4) is 0 Å². The van der Waals surface area contributed by atoms with Crippen LogP contribution < -0.4 is 10.2 Å². The molecule has 0 aliphatic carbocycles. The van der Waals surface area contributed by atoms with Gasteiger partial charge in [0.15, 0.2) is 0 Å². The minimum absolute atomic E-state index is 0.0608. The SMILES string of the molecule is CCc1ccc(-c2ccc3c(c2)C(Nc2ccc(C#N)cc2)CC(C)N3C(C)=O)cc1. The number of fused-ring (bicyclic) bond motifs is 1. The summed E-state index contributed by atoms with van der Waals surface area (Å²) >= 11 is 0. The van der Waals surface area contributed by atoms with Crippen LogP contribution in [-0.4, -0.2) is 11.9 Å². The van der Waals surface area contributed by atoms with E-state index >= 15 is 0 Å². The molecule has 2 atom stereocenters. The maximum atomic E-state index is 12.4. The molecular formula is C27H27N3O. The Balaban J connectivity index is 1.74. The summed E-state index contributed by atoms with van der Waals surface area (Å²) < 4.78 is 0. The van der Waals surface area contributed by atoms with E-state index in [1.807, 2.05) is 29.2 Å². The topological polar surface area (TPSA) is 56.1 Å². The summed E-state index contributed by atoms with van der Waals surface area (Å²) in [5.74, 6) is 0.0608. The lowest BCUT2D eigenvalue weighted by atomic mass is 9.88. The van der Waals surface area contributed by atoms with Crippen molar-refractivity contribution < 1.29 is 4.79 Å².